The number of para-hydroxylation sites is 1. The van der Waals surface area contributed by atoms with Gasteiger partial charge in [-0.1, -0.05) is 36.4 Å². The standard InChI is InChI=1S/C29H20N2O5/c32-26-22-12-11-21(15-23(22)27(33)30(26)18-5-2-1-3-6-18)36-20-8-4-7-19(14-20)31-28(34)24-16-9-10-17(13-16)25(24)29(31)35/h1-12,14-17,24-25H,13H2/t16-,17-,24-,25-/m0/s1. The van der Waals surface area contributed by atoms with Crippen molar-refractivity contribution in [2.45, 2.75) is 6.42 Å². The lowest BCUT2D eigenvalue weighted by atomic mass is 9.85. The molecule has 36 heavy (non-hydrogen) atoms. The lowest BCUT2D eigenvalue weighted by molar-refractivity contribution is -0.123. The zero-order valence-corrected chi connectivity index (χ0v) is 19.0. The third kappa shape index (κ3) is 2.86. The third-order valence-electron chi connectivity index (χ3n) is 7.65. The number of amides is 4. The zero-order valence-electron chi connectivity index (χ0n) is 19.0. The Hall–Kier alpha value is -4.52. The SMILES string of the molecule is O=C1c2ccc(Oc3cccc(N4C(=O)[C@@H]5[C@@H](C4=O)[C@H]4C=C[C@H]5C4)c3)cc2C(=O)N1c1ccccc1. The van der Waals surface area contributed by atoms with Gasteiger partial charge in [0, 0.05) is 6.07 Å². The molecule has 7 heteroatoms. The summed E-state index contributed by atoms with van der Waals surface area (Å²) in [4.78, 5) is 54.6. The number of anilines is 2. The Bertz CT molecular complexity index is 1480. The molecule has 0 N–H and O–H groups in total. The second kappa shape index (κ2) is 7.49. The maximum atomic E-state index is 13.2. The number of imide groups is 2. The van der Waals surface area contributed by atoms with Crippen LogP contribution in [0.25, 0.3) is 0 Å². The molecule has 2 aliphatic heterocycles. The number of allylic oxidation sites excluding steroid dienone is 2. The second-order valence-electron chi connectivity index (χ2n) is 9.60. The second-order valence-corrected chi connectivity index (χ2v) is 9.60. The molecule has 2 fully saturated rings. The Morgan fingerprint density at radius 2 is 1.25 bits per heavy atom. The number of hydrogen-bond donors (Lipinski definition) is 0. The molecule has 176 valence electrons. The van der Waals surface area contributed by atoms with Crippen LogP contribution >= 0.6 is 0 Å². The van der Waals surface area contributed by atoms with Gasteiger partial charge in [-0.3, -0.25) is 19.2 Å². The topological polar surface area (TPSA) is 84.0 Å². The highest BCUT2D eigenvalue weighted by Crippen LogP contribution is 2.53. The van der Waals surface area contributed by atoms with E-state index in [0.717, 1.165) is 11.3 Å². The van der Waals surface area contributed by atoms with Crippen LogP contribution in [0.2, 0.25) is 0 Å². The van der Waals surface area contributed by atoms with Gasteiger partial charge in [0.2, 0.25) is 11.8 Å². The molecule has 1 saturated carbocycles. The summed E-state index contributed by atoms with van der Waals surface area (Å²) in [7, 11) is 0. The Morgan fingerprint density at radius 3 is 1.97 bits per heavy atom. The van der Waals surface area contributed by atoms with Gasteiger partial charge in [0.15, 0.2) is 0 Å². The predicted molar refractivity (Wildman–Crippen MR) is 131 cm³/mol. The van der Waals surface area contributed by atoms with Crippen LogP contribution in [0.3, 0.4) is 0 Å². The molecule has 3 aromatic carbocycles. The van der Waals surface area contributed by atoms with Crippen molar-refractivity contribution in [3.63, 3.8) is 0 Å². The van der Waals surface area contributed by atoms with E-state index in [4.69, 9.17) is 4.74 Å². The smallest absolute Gasteiger partial charge is 0.266 e. The van der Waals surface area contributed by atoms with E-state index in [1.54, 1.807) is 66.7 Å². The van der Waals surface area contributed by atoms with Gasteiger partial charge in [0.05, 0.1) is 34.3 Å². The fourth-order valence-corrected chi connectivity index (χ4v) is 6.07. The molecule has 3 aromatic rings. The largest absolute Gasteiger partial charge is 0.457 e. The number of carbonyl (C=O) groups is 4. The van der Waals surface area contributed by atoms with E-state index < -0.39 is 5.91 Å². The molecule has 7 nitrogen and oxygen atoms in total. The van der Waals surface area contributed by atoms with Crippen LogP contribution in [0.4, 0.5) is 11.4 Å². The summed E-state index contributed by atoms with van der Waals surface area (Å²) in [5, 5.41) is 0. The van der Waals surface area contributed by atoms with E-state index in [1.165, 1.54) is 4.90 Å². The number of ether oxygens (including phenoxy) is 1. The van der Waals surface area contributed by atoms with Crippen LogP contribution < -0.4 is 14.5 Å². The zero-order chi connectivity index (χ0) is 24.6. The number of rotatable bonds is 4. The maximum Gasteiger partial charge on any atom is 0.266 e. The molecule has 4 amide bonds. The molecule has 0 unspecified atom stereocenters. The summed E-state index contributed by atoms with van der Waals surface area (Å²) in [5.74, 6) is -0.564. The lowest BCUT2D eigenvalue weighted by Gasteiger charge is -2.18. The van der Waals surface area contributed by atoms with E-state index in [2.05, 4.69) is 12.2 Å². The Labute approximate surface area is 206 Å². The summed E-state index contributed by atoms with van der Waals surface area (Å²) in [6.07, 6.45) is 5.02. The number of nitrogens with zero attached hydrogens (tertiary/aromatic N) is 2. The van der Waals surface area contributed by atoms with Crippen LogP contribution in [-0.4, -0.2) is 23.6 Å². The highest BCUT2D eigenvalue weighted by Gasteiger charge is 2.59. The van der Waals surface area contributed by atoms with Gasteiger partial charge >= 0.3 is 0 Å². The van der Waals surface area contributed by atoms with Crippen molar-refractivity contribution in [1.82, 2.24) is 0 Å². The molecule has 0 aromatic heterocycles. The first kappa shape index (κ1) is 20.8. The fraction of sp³-hybridized carbons (Fsp3) is 0.172. The van der Waals surface area contributed by atoms with Crippen LogP contribution in [-0.2, 0) is 9.59 Å². The molecule has 2 heterocycles. The number of benzene rings is 3. The molecule has 7 rings (SSSR count). The Kier molecular flexibility index (Phi) is 4.33. The lowest BCUT2D eigenvalue weighted by Crippen LogP contribution is -2.32. The van der Waals surface area contributed by atoms with Gasteiger partial charge in [-0.15, -0.1) is 0 Å². The maximum absolute atomic E-state index is 13.2. The minimum atomic E-state index is -0.413. The van der Waals surface area contributed by atoms with Gasteiger partial charge in [0.1, 0.15) is 11.5 Å². The van der Waals surface area contributed by atoms with Crippen LogP contribution in [0.1, 0.15) is 27.1 Å². The minimum absolute atomic E-state index is 0.142. The first-order valence-corrected chi connectivity index (χ1v) is 11.9. The van der Waals surface area contributed by atoms with Crippen molar-refractivity contribution in [3.05, 3.63) is 96.1 Å². The van der Waals surface area contributed by atoms with Crippen molar-refractivity contribution in [3.8, 4) is 11.5 Å². The number of hydrogen-bond acceptors (Lipinski definition) is 5. The van der Waals surface area contributed by atoms with Gasteiger partial charge < -0.3 is 4.74 Å². The van der Waals surface area contributed by atoms with E-state index in [0.29, 0.717) is 28.4 Å². The quantitative estimate of drug-likeness (QED) is 0.406. The van der Waals surface area contributed by atoms with Crippen molar-refractivity contribution < 1.29 is 23.9 Å². The normalized spacial score (nSPS) is 25.7. The monoisotopic (exact) mass is 476 g/mol. The van der Waals surface area contributed by atoms with Crippen molar-refractivity contribution in [2.75, 3.05) is 9.80 Å². The molecule has 1 saturated heterocycles. The molecule has 0 spiro atoms. The van der Waals surface area contributed by atoms with Crippen molar-refractivity contribution in [1.29, 1.82) is 0 Å². The predicted octanol–water partition coefficient (Wildman–Crippen LogP) is 4.59. The third-order valence-corrected chi connectivity index (χ3v) is 7.65. The molecule has 4 atom stereocenters. The van der Waals surface area contributed by atoms with Crippen LogP contribution in [0.5, 0.6) is 11.5 Å². The van der Waals surface area contributed by atoms with Crippen LogP contribution in [0.15, 0.2) is 84.9 Å². The van der Waals surface area contributed by atoms with Gasteiger partial charge in [-0.05, 0) is 60.7 Å². The average molecular weight is 476 g/mol. The summed E-state index contributed by atoms with van der Waals surface area (Å²) in [5.41, 5.74) is 1.55. The van der Waals surface area contributed by atoms with E-state index in [9.17, 15) is 19.2 Å². The average Bonchev–Trinajstić information content (AvgIpc) is 3.63. The molecule has 2 bridgehead atoms. The Balaban J connectivity index is 1.15. The van der Waals surface area contributed by atoms with E-state index >= 15 is 0 Å². The van der Waals surface area contributed by atoms with E-state index in [-0.39, 0.29) is 47.0 Å². The highest BCUT2D eigenvalue weighted by molar-refractivity contribution is 6.34. The molecular weight excluding hydrogens is 456 g/mol. The molecule has 2 aliphatic carbocycles. The van der Waals surface area contributed by atoms with Gasteiger partial charge in [-0.2, -0.15) is 0 Å². The minimum Gasteiger partial charge on any atom is -0.457 e. The van der Waals surface area contributed by atoms with Crippen LogP contribution in [0, 0.1) is 23.7 Å². The first-order valence-electron chi connectivity index (χ1n) is 11.9. The summed E-state index contributed by atoms with van der Waals surface area (Å²) < 4.78 is 6.00. The van der Waals surface area contributed by atoms with Crippen molar-refractivity contribution >= 4 is 35.0 Å². The van der Waals surface area contributed by atoms with Gasteiger partial charge in [0.25, 0.3) is 11.8 Å². The number of fused-ring (bicyclic) bond motifs is 6. The summed E-state index contributed by atoms with van der Waals surface area (Å²) in [6.45, 7) is 0. The van der Waals surface area contributed by atoms with Crippen molar-refractivity contribution in [2.24, 2.45) is 23.7 Å². The molecular formula is C29H20N2O5. The molecule has 0 radical (unpaired) electrons. The number of carbonyl (C=O) groups excluding carboxylic acids is 4. The summed E-state index contributed by atoms with van der Waals surface area (Å²) in [6, 6.07) is 20.4. The summed E-state index contributed by atoms with van der Waals surface area (Å²) >= 11 is 0. The van der Waals surface area contributed by atoms with E-state index in [1.807, 2.05) is 6.07 Å². The van der Waals surface area contributed by atoms with Gasteiger partial charge in [-0.25, -0.2) is 9.80 Å². The Morgan fingerprint density at radius 1 is 0.611 bits per heavy atom. The molecule has 4 aliphatic rings. The first-order chi connectivity index (χ1) is 17.5. The fourth-order valence-electron chi connectivity index (χ4n) is 6.07. The highest BCUT2D eigenvalue weighted by atomic mass is 16.5.